The Morgan fingerprint density at radius 1 is 1.31 bits per heavy atom. The van der Waals surface area contributed by atoms with E-state index < -0.39 is 0 Å². The maximum atomic E-state index is 4.25. The van der Waals surface area contributed by atoms with Gasteiger partial charge in [-0.1, -0.05) is 25.5 Å². The summed E-state index contributed by atoms with van der Waals surface area (Å²) in [6.07, 6.45) is 2.37. The largest absolute Gasteiger partial charge is 0.323 e. The third-order valence-corrected chi connectivity index (χ3v) is 1.73. The van der Waals surface area contributed by atoms with Crippen molar-refractivity contribution in [1.29, 1.82) is 0 Å². The average molecular weight is 197 g/mol. The lowest BCUT2D eigenvalue weighted by atomic mass is 10.1. The van der Waals surface area contributed by atoms with E-state index >= 15 is 0 Å². The summed E-state index contributed by atoms with van der Waals surface area (Å²) < 4.78 is 0. The number of rotatable bonds is 2. The van der Waals surface area contributed by atoms with Crippen LogP contribution in [-0.4, -0.2) is 14.1 Å². The first kappa shape index (κ1) is 12.5. The fraction of sp³-hybridized carbons (Fsp3) is 0.455. The molecule has 0 amide bonds. The molecule has 0 aromatic heterocycles. The summed E-state index contributed by atoms with van der Waals surface area (Å²) in [4.78, 5) is 1.06. The van der Waals surface area contributed by atoms with Crippen LogP contribution in [0.2, 0.25) is 0 Å². The van der Waals surface area contributed by atoms with Gasteiger partial charge in [-0.15, -0.1) is 12.6 Å². The van der Waals surface area contributed by atoms with Crippen LogP contribution in [0.3, 0.4) is 0 Å². The molecular formula is C11H19NS. The van der Waals surface area contributed by atoms with Gasteiger partial charge in [0, 0.05) is 4.90 Å². The fourth-order valence-corrected chi connectivity index (χ4v) is 1.25. The molecule has 0 aliphatic heterocycles. The van der Waals surface area contributed by atoms with Gasteiger partial charge in [0.05, 0.1) is 0 Å². The van der Waals surface area contributed by atoms with Crippen molar-refractivity contribution in [1.82, 2.24) is 5.32 Å². The highest BCUT2D eigenvalue weighted by atomic mass is 32.1. The van der Waals surface area contributed by atoms with Crippen LogP contribution < -0.4 is 5.32 Å². The Balaban J connectivity index is 0.000000424. The van der Waals surface area contributed by atoms with Crippen molar-refractivity contribution in [2.75, 3.05) is 14.1 Å². The zero-order valence-corrected chi connectivity index (χ0v) is 9.57. The lowest BCUT2D eigenvalue weighted by Crippen LogP contribution is -1.89. The maximum Gasteiger partial charge on any atom is 0.00427 e. The summed E-state index contributed by atoms with van der Waals surface area (Å²) in [5.41, 5.74) is 1.38. The van der Waals surface area contributed by atoms with Crippen molar-refractivity contribution < 1.29 is 0 Å². The van der Waals surface area contributed by atoms with Crippen molar-refractivity contribution in [3.8, 4) is 0 Å². The molecule has 1 N–H and O–H groups in total. The van der Waals surface area contributed by atoms with Gasteiger partial charge in [0.25, 0.3) is 0 Å². The fourth-order valence-electron chi connectivity index (χ4n) is 1.00. The molecule has 0 fully saturated rings. The van der Waals surface area contributed by atoms with E-state index in [4.69, 9.17) is 0 Å². The monoisotopic (exact) mass is 197 g/mol. The molecule has 0 spiro atoms. The van der Waals surface area contributed by atoms with E-state index in [0.29, 0.717) is 0 Å². The third-order valence-electron chi connectivity index (χ3n) is 1.45. The van der Waals surface area contributed by atoms with Gasteiger partial charge in [-0.3, -0.25) is 0 Å². The molecule has 13 heavy (non-hydrogen) atoms. The highest BCUT2D eigenvalue weighted by Crippen LogP contribution is 2.09. The molecule has 2 heteroatoms. The topological polar surface area (TPSA) is 12.0 Å². The second kappa shape index (κ2) is 8.14. The van der Waals surface area contributed by atoms with Crippen LogP contribution in [0.15, 0.2) is 29.2 Å². The van der Waals surface area contributed by atoms with Crippen molar-refractivity contribution in [3.05, 3.63) is 29.8 Å². The Morgan fingerprint density at radius 3 is 2.38 bits per heavy atom. The second-order valence-corrected chi connectivity index (χ2v) is 3.44. The molecule has 1 aromatic carbocycles. The van der Waals surface area contributed by atoms with Crippen LogP contribution >= 0.6 is 12.6 Å². The first-order chi connectivity index (χ1) is 6.24. The zero-order valence-electron chi connectivity index (χ0n) is 8.67. The van der Waals surface area contributed by atoms with Crippen molar-refractivity contribution in [3.63, 3.8) is 0 Å². The highest BCUT2D eigenvalue weighted by Gasteiger charge is 1.89. The number of thiol groups is 1. The minimum Gasteiger partial charge on any atom is -0.323 e. The number of nitrogens with one attached hydrogen (secondary N) is 1. The van der Waals surface area contributed by atoms with E-state index in [0.717, 1.165) is 11.3 Å². The second-order valence-electron chi connectivity index (χ2n) is 2.92. The molecule has 0 unspecified atom stereocenters. The molecule has 1 rings (SSSR count). The number of hydrogen-bond acceptors (Lipinski definition) is 2. The maximum absolute atomic E-state index is 4.25. The van der Waals surface area contributed by atoms with Crippen LogP contribution in [0.25, 0.3) is 0 Å². The lowest BCUT2D eigenvalue weighted by Gasteiger charge is -1.97. The molecule has 0 heterocycles. The molecule has 0 saturated carbocycles. The molecule has 0 saturated heterocycles. The summed E-state index contributed by atoms with van der Waals surface area (Å²) >= 11 is 4.25. The smallest absolute Gasteiger partial charge is 0.00427 e. The van der Waals surface area contributed by atoms with Gasteiger partial charge in [-0.2, -0.15) is 0 Å². The van der Waals surface area contributed by atoms with Crippen molar-refractivity contribution in [2.45, 2.75) is 24.7 Å². The number of aryl methyl sites for hydroxylation is 1. The summed E-state index contributed by atoms with van der Waals surface area (Å²) in [5, 5.41) is 2.75. The Hall–Kier alpha value is -0.470. The van der Waals surface area contributed by atoms with E-state index in [9.17, 15) is 0 Å². The van der Waals surface area contributed by atoms with Gasteiger partial charge in [0.2, 0.25) is 0 Å². The predicted molar refractivity (Wildman–Crippen MR) is 62.7 cm³/mol. The van der Waals surface area contributed by atoms with E-state index in [1.807, 2.05) is 26.2 Å². The zero-order chi connectivity index (χ0) is 10.1. The molecule has 1 aromatic rings. The Kier molecular flexibility index (Phi) is 7.85. The summed E-state index contributed by atoms with van der Waals surface area (Å²) in [6, 6.07) is 8.31. The minimum absolute atomic E-state index is 1.06. The molecule has 74 valence electrons. The quantitative estimate of drug-likeness (QED) is 0.695. The van der Waals surface area contributed by atoms with Crippen LogP contribution in [-0.2, 0) is 6.42 Å². The molecule has 0 aliphatic rings. The molecule has 0 radical (unpaired) electrons. The Labute approximate surface area is 87.0 Å². The van der Waals surface area contributed by atoms with Crippen molar-refractivity contribution >= 4 is 12.6 Å². The lowest BCUT2D eigenvalue weighted by molar-refractivity contribution is 0.918. The molecule has 0 bridgehead atoms. The normalized spacial score (nSPS) is 8.92. The standard InChI is InChI=1S/C9H12S.C2H7N/c1-2-4-8-5-3-6-9(10)7-8;1-3-2/h3,5-7,10H,2,4H2,1H3;3H,1-2H3. The summed E-state index contributed by atoms with van der Waals surface area (Å²) in [5.74, 6) is 0. The van der Waals surface area contributed by atoms with Crippen LogP contribution in [0.4, 0.5) is 0 Å². The Bertz CT molecular complexity index is 223. The number of hydrogen-bond donors (Lipinski definition) is 2. The van der Waals surface area contributed by atoms with Gasteiger partial charge >= 0.3 is 0 Å². The first-order valence-corrected chi connectivity index (χ1v) is 5.05. The Morgan fingerprint density at radius 2 is 1.92 bits per heavy atom. The molecule has 0 atom stereocenters. The van der Waals surface area contributed by atoms with Gasteiger partial charge in [0.1, 0.15) is 0 Å². The van der Waals surface area contributed by atoms with E-state index in [1.165, 1.54) is 12.0 Å². The first-order valence-electron chi connectivity index (χ1n) is 4.61. The third kappa shape index (κ3) is 6.67. The van der Waals surface area contributed by atoms with E-state index in [1.54, 1.807) is 0 Å². The van der Waals surface area contributed by atoms with Gasteiger partial charge < -0.3 is 5.32 Å². The van der Waals surface area contributed by atoms with Gasteiger partial charge in [0.15, 0.2) is 0 Å². The minimum atomic E-state index is 1.06. The predicted octanol–water partition coefficient (Wildman–Crippen LogP) is 2.76. The van der Waals surface area contributed by atoms with Crippen LogP contribution in [0.5, 0.6) is 0 Å². The summed E-state index contributed by atoms with van der Waals surface area (Å²) in [6.45, 7) is 2.19. The number of benzene rings is 1. The molecular weight excluding hydrogens is 178 g/mol. The average Bonchev–Trinajstić information content (AvgIpc) is 2.06. The SMILES string of the molecule is CCCc1cccc(S)c1.CNC. The van der Waals surface area contributed by atoms with Crippen LogP contribution in [0, 0.1) is 0 Å². The van der Waals surface area contributed by atoms with Crippen molar-refractivity contribution in [2.24, 2.45) is 0 Å². The highest BCUT2D eigenvalue weighted by molar-refractivity contribution is 7.80. The van der Waals surface area contributed by atoms with E-state index in [2.05, 4.69) is 37.0 Å². The van der Waals surface area contributed by atoms with Gasteiger partial charge in [-0.05, 0) is 38.2 Å². The summed E-state index contributed by atoms with van der Waals surface area (Å²) in [7, 11) is 3.75. The van der Waals surface area contributed by atoms with E-state index in [-0.39, 0.29) is 0 Å². The molecule has 1 nitrogen and oxygen atoms in total. The van der Waals surface area contributed by atoms with Gasteiger partial charge in [-0.25, -0.2) is 0 Å². The van der Waals surface area contributed by atoms with Crippen LogP contribution in [0.1, 0.15) is 18.9 Å². The molecule has 0 aliphatic carbocycles.